The van der Waals surface area contributed by atoms with E-state index in [-0.39, 0.29) is 18.6 Å². The van der Waals surface area contributed by atoms with Gasteiger partial charge in [0.2, 0.25) is 16.0 Å². The van der Waals surface area contributed by atoms with Crippen LogP contribution in [0.5, 0.6) is 0 Å². The van der Waals surface area contributed by atoms with E-state index in [2.05, 4.69) is 14.7 Å². The molecule has 2 aliphatic rings. The molecule has 7 nitrogen and oxygen atoms in total. The van der Waals surface area contributed by atoms with E-state index in [1.807, 2.05) is 4.90 Å². The highest BCUT2D eigenvalue weighted by atomic mass is 32.2. The second-order valence-corrected chi connectivity index (χ2v) is 7.69. The van der Waals surface area contributed by atoms with E-state index in [4.69, 9.17) is 4.74 Å². The number of rotatable bonds is 4. The summed E-state index contributed by atoms with van der Waals surface area (Å²) in [4.78, 5) is 10.0. The Bertz CT molecular complexity index is 625. The number of hydrogen-bond donors (Lipinski definition) is 1. The molecule has 0 amide bonds. The van der Waals surface area contributed by atoms with Gasteiger partial charge in [0.1, 0.15) is 0 Å². The zero-order chi connectivity index (χ0) is 15.7. The summed E-state index contributed by atoms with van der Waals surface area (Å²) in [5, 5.41) is 0. The molecule has 0 aromatic carbocycles. The molecule has 2 fully saturated rings. The lowest BCUT2D eigenvalue weighted by atomic mass is 9.85. The van der Waals surface area contributed by atoms with Gasteiger partial charge in [-0.05, 0) is 12.3 Å². The minimum atomic E-state index is -3.23. The van der Waals surface area contributed by atoms with Gasteiger partial charge in [-0.15, -0.1) is 0 Å². The van der Waals surface area contributed by atoms with Crippen LogP contribution in [0.4, 0.5) is 10.3 Å². The number of ether oxygens (including phenoxy) is 1. The van der Waals surface area contributed by atoms with Gasteiger partial charge >= 0.3 is 0 Å². The fourth-order valence-corrected chi connectivity index (χ4v) is 3.59. The molecule has 22 heavy (non-hydrogen) atoms. The van der Waals surface area contributed by atoms with E-state index < -0.39 is 15.8 Å². The van der Waals surface area contributed by atoms with Crippen LogP contribution in [0, 0.1) is 17.7 Å². The summed E-state index contributed by atoms with van der Waals surface area (Å²) in [7, 11) is -3.23. The van der Waals surface area contributed by atoms with Crippen molar-refractivity contribution in [3.05, 3.63) is 18.2 Å². The van der Waals surface area contributed by atoms with Crippen LogP contribution in [0.1, 0.15) is 6.42 Å². The maximum Gasteiger partial charge on any atom is 0.225 e. The molecule has 3 atom stereocenters. The Morgan fingerprint density at radius 3 is 2.86 bits per heavy atom. The summed E-state index contributed by atoms with van der Waals surface area (Å²) < 4.78 is 43.6. The molecule has 3 heterocycles. The topological polar surface area (TPSA) is 84.4 Å². The van der Waals surface area contributed by atoms with E-state index in [9.17, 15) is 12.8 Å². The number of nitrogens with zero attached hydrogens (tertiary/aromatic N) is 3. The number of nitrogens with one attached hydrogen (secondary N) is 1. The molecule has 0 spiro atoms. The molecule has 1 aromatic heterocycles. The molecule has 2 aliphatic heterocycles. The van der Waals surface area contributed by atoms with Gasteiger partial charge in [-0.25, -0.2) is 27.5 Å². The third-order valence-electron chi connectivity index (χ3n) is 4.24. The molecule has 1 aromatic rings. The first kappa shape index (κ1) is 15.6. The Kier molecular flexibility index (Phi) is 4.28. The van der Waals surface area contributed by atoms with E-state index >= 15 is 0 Å². The average Bonchev–Trinajstić information content (AvgIpc) is 2.87. The van der Waals surface area contributed by atoms with Gasteiger partial charge in [0, 0.05) is 25.6 Å². The van der Waals surface area contributed by atoms with Crippen molar-refractivity contribution >= 4 is 16.0 Å². The van der Waals surface area contributed by atoms with Gasteiger partial charge in [0.15, 0.2) is 5.82 Å². The second-order valence-electron chi connectivity index (χ2n) is 5.85. The third-order valence-corrected chi connectivity index (χ3v) is 4.94. The number of aromatic nitrogens is 2. The predicted octanol–water partition coefficient (Wildman–Crippen LogP) is 0.00620. The number of sulfonamides is 1. The van der Waals surface area contributed by atoms with Gasteiger partial charge in [-0.3, -0.25) is 0 Å². The van der Waals surface area contributed by atoms with Gasteiger partial charge in [0.05, 0.1) is 31.4 Å². The predicted molar refractivity (Wildman–Crippen MR) is 78.4 cm³/mol. The monoisotopic (exact) mass is 330 g/mol. The van der Waals surface area contributed by atoms with Crippen LogP contribution >= 0.6 is 0 Å². The van der Waals surface area contributed by atoms with E-state index in [0.29, 0.717) is 25.0 Å². The molecule has 1 N–H and O–H groups in total. The highest BCUT2D eigenvalue weighted by Gasteiger charge is 2.41. The molecular weight excluding hydrogens is 311 g/mol. The number of piperidine rings is 1. The maximum atomic E-state index is 12.9. The second kappa shape index (κ2) is 6.05. The van der Waals surface area contributed by atoms with Gasteiger partial charge in [0.25, 0.3) is 0 Å². The Morgan fingerprint density at radius 2 is 2.18 bits per heavy atom. The van der Waals surface area contributed by atoms with Crippen LogP contribution in [0.3, 0.4) is 0 Å². The van der Waals surface area contributed by atoms with Crippen LogP contribution < -0.4 is 9.62 Å². The molecule has 0 aliphatic carbocycles. The molecule has 9 heteroatoms. The first-order chi connectivity index (χ1) is 10.4. The van der Waals surface area contributed by atoms with Crippen LogP contribution in [0.2, 0.25) is 0 Å². The third kappa shape index (κ3) is 3.53. The van der Waals surface area contributed by atoms with Crippen molar-refractivity contribution in [3.63, 3.8) is 0 Å². The molecule has 3 rings (SSSR count). The Balaban J connectivity index is 1.67. The normalized spacial score (nSPS) is 28.6. The lowest BCUT2D eigenvalue weighted by Gasteiger charge is -2.35. The van der Waals surface area contributed by atoms with Gasteiger partial charge < -0.3 is 9.64 Å². The fourth-order valence-electron chi connectivity index (χ4n) is 3.12. The van der Waals surface area contributed by atoms with Crippen molar-refractivity contribution in [2.24, 2.45) is 11.8 Å². The average molecular weight is 330 g/mol. The van der Waals surface area contributed by atoms with Crippen molar-refractivity contribution in [1.82, 2.24) is 14.7 Å². The summed E-state index contributed by atoms with van der Waals surface area (Å²) in [5.74, 6) is 0.680. The summed E-state index contributed by atoms with van der Waals surface area (Å²) in [6.45, 7) is 2.41. The smallest absolute Gasteiger partial charge is 0.225 e. The zero-order valence-electron chi connectivity index (χ0n) is 12.3. The standard InChI is InChI=1S/C13H19FN4O3S/c1-22(19,20)17-6-12-11-7-18(3-2-9(11)8-21-12)13-15-4-10(14)5-16-13/h4-5,9,11-12,17H,2-3,6-8H2,1H3/t9-,11-,12+/m1/s1. The number of halogens is 1. The highest BCUT2D eigenvalue weighted by Crippen LogP contribution is 2.34. The van der Waals surface area contributed by atoms with Crippen LogP contribution in [0.15, 0.2) is 12.4 Å². The minimum Gasteiger partial charge on any atom is -0.376 e. The van der Waals surface area contributed by atoms with Crippen LogP contribution in [0.25, 0.3) is 0 Å². The molecule has 2 saturated heterocycles. The molecule has 122 valence electrons. The Labute approximate surface area is 128 Å². The molecule has 0 radical (unpaired) electrons. The quantitative estimate of drug-likeness (QED) is 0.837. The number of fused-ring (bicyclic) bond motifs is 1. The van der Waals surface area contributed by atoms with Crippen molar-refractivity contribution in [1.29, 1.82) is 0 Å². The lowest BCUT2D eigenvalue weighted by molar-refractivity contribution is 0.0954. The minimum absolute atomic E-state index is 0.150. The molecule has 0 saturated carbocycles. The summed E-state index contributed by atoms with van der Waals surface area (Å²) in [6, 6.07) is 0. The van der Waals surface area contributed by atoms with Gasteiger partial charge in [-0.1, -0.05) is 0 Å². The van der Waals surface area contributed by atoms with Crippen molar-refractivity contribution in [2.45, 2.75) is 12.5 Å². The molecule has 0 bridgehead atoms. The van der Waals surface area contributed by atoms with Crippen molar-refractivity contribution in [3.8, 4) is 0 Å². The summed E-state index contributed by atoms with van der Waals surface area (Å²) in [6.07, 6.45) is 4.23. The summed E-state index contributed by atoms with van der Waals surface area (Å²) >= 11 is 0. The van der Waals surface area contributed by atoms with E-state index in [1.165, 1.54) is 0 Å². The molecular formula is C13H19FN4O3S. The van der Waals surface area contributed by atoms with Crippen LogP contribution in [-0.2, 0) is 14.8 Å². The first-order valence-electron chi connectivity index (χ1n) is 7.21. The largest absolute Gasteiger partial charge is 0.376 e. The lowest BCUT2D eigenvalue weighted by Crippen LogP contribution is -2.45. The van der Waals surface area contributed by atoms with Crippen molar-refractivity contribution in [2.75, 3.05) is 37.4 Å². The first-order valence-corrected chi connectivity index (χ1v) is 9.10. The SMILES string of the molecule is CS(=O)(=O)NC[C@@H]1OC[C@H]2CCN(c3ncc(F)cn3)C[C@H]21. The van der Waals surface area contributed by atoms with E-state index in [0.717, 1.165) is 31.6 Å². The molecule has 0 unspecified atom stereocenters. The highest BCUT2D eigenvalue weighted by molar-refractivity contribution is 7.88. The Hall–Kier alpha value is -1.32. The number of hydrogen-bond acceptors (Lipinski definition) is 6. The number of anilines is 1. The van der Waals surface area contributed by atoms with Gasteiger partial charge in [-0.2, -0.15) is 0 Å². The van der Waals surface area contributed by atoms with Crippen molar-refractivity contribution < 1.29 is 17.5 Å². The Morgan fingerprint density at radius 1 is 1.45 bits per heavy atom. The summed E-state index contributed by atoms with van der Waals surface area (Å²) in [5.41, 5.74) is 0. The maximum absolute atomic E-state index is 12.9. The van der Waals surface area contributed by atoms with E-state index in [1.54, 1.807) is 0 Å². The van der Waals surface area contributed by atoms with Crippen LogP contribution in [-0.4, -0.2) is 57.0 Å². The fraction of sp³-hybridized carbons (Fsp3) is 0.692. The zero-order valence-corrected chi connectivity index (χ0v) is 13.1.